The minimum atomic E-state index is -0.764. The van der Waals surface area contributed by atoms with Gasteiger partial charge >= 0.3 is 0 Å². The van der Waals surface area contributed by atoms with E-state index in [2.05, 4.69) is 40.6 Å². The number of amides is 2. The molecule has 0 aliphatic heterocycles. The van der Waals surface area contributed by atoms with E-state index < -0.39 is 17.9 Å². The van der Waals surface area contributed by atoms with Crippen LogP contribution in [0.5, 0.6) is 11.5 Å². The van der Waals surface area contributed by atoms with Gasteiger partial charge in [-0.05, 0) is 65.0 Å². The number of benzene rings is 2. The number of carbonyl (C=O) groups is 2. The van der Waals surface area contributed by atoms with Crippen molar-refractivity contribution >= 4 is 27.7 Å². The number of hydrogen-bond donors (Lipinski definition) is 2. The summed E-state index contributed by atoms with van der Waals surface area (Å²) in [5.41, 5.74) is 6.76. The van der Waals surface area contributed by atoms with Crippen LogP contribution in [0, 0.1) is 6.92 Å². The van der Waals surface area contributed by atoms with Gasteiger partial charge in [-0.15, -0.1) is 0 Å². The number of para-hydroxylation sites is 1. The Morgan fingerprint density at radius 3 is 2.39 bits per heavy atom. The fraction of sp³-hybridized carbons (Fsp3) is 0.333. The number of aryl methyl sites for hydroxylation is 1. The summed E-state index contributed by atoms with van der Waals surface area (Å²) in [6.45, 7) is 7.47. The zero-order valence-electron chi connectivity index (χ0n) is 16.4. The van der Waals surface area contributed by atoms with Crippen LogP contribution in [0.4, 0.5) is 0 Å². The molecular formula is C21H25BrN2O4. The molecule has 0 fully saturated rings. The van der Waals surface area contributed by atoms with Crippen LogP contribution in [0.15, 0.2) is 46.9 Å². The standard InChI is InChI=1S/C21H25BrN2O4/c1-13(2)16-9-10-19(17(22)11-16)27-12-20(25)23-24-21(26)15(4)28-18-8-6-5-7-14(18)3/h5-11,13,15H,12H2,1-4H3,(H,23,25)(H,24,26). The van der Waals surface area contributed by atoms with Crippen LogP contribution in [0.2, 0.25) is 0 Å². The second kappa shape index (κ2) is 10.1. The number of nitrogens with one attached hydrogen (secondary N) is 2. The zero-order chi connectivity index (χ0) is 20.7. The molecule has 0 radical (unpaired) electrons. The first-order valence-corrected chi connectivity index (χ1v) is 9.80. The van der Waals surface area contributed by atoms with E-state index >= 15 is 0 Å². The van der Waals surface area contributed by atoms with Gasteiger partial charge in [0.05, 0.1) is 4.47 Å². The highest BCUT2D eigenvalue weighted by Crippen LogP contribution is 2.28. The van der Waals surface area contributed by atoms with Gasteiger partial charge in [0.1, 0.15) is 11.5 Å². The van der Waals surface area contributed by atoms with Crippen molar-refractivity contribution in [3.8, 4) is 11.5 Å². The number of halogens is 1. The molecule has 150 valence electrons. The Bertz CT molecular complexity index is 839. The summed E-state index contributed by atoms with van der Waals surface area (Å²) in [7, 11) is 0. The lowest BCUT2D eigenvalue weighted by Crippen LogP contribution is -2.48. The van der Waals surface area contributed by atoms with Crippen molar-refractivity contribution in [2.75, 3.05) is 6.61 Å². The molecule has 2 amide bonds. The van der Waals surface area contributed by atoms with E-state index in [1.807, 2.05) is 43.3 Å². The van der Waals surface area contributed by atoms with E-state index in [1.54, 1.807) is 13.0 Å². The summed E-state index contributed by atoms with van der Waals surface area (Å²) in [5, 5.41) is 0. The van der Waals surface area contributed by atoms with Gasteiger partial charge in [0, 0.05) is 0 Å². The van der Waals surface area contributed by atoms with Gasteiger partial charge in [-0.1, -0.05) is 38.1 Å². The van der Waals surface area contributed by atoms with Gasteiger partial charge in [0.15, 0.2) is 12.7 Å². The van der Waals surface area contributed by atoms with Gasteiger partial charge in [-0.2, -0.15) is 0 Å². The van der Waals surface area contributed by atoms with Crippen LogP contribution in [-0.4, -0.2) is 24.5 Å². The molecule has 2 N–H and O–H groups in total. The van der Waals surface area contributed by atoms with Crippen LogP contribution in [-0.2, 0) is 9.59 Å². The maximum absolute atomic E-state index is 12.1. The van der Waals surface area contributed by atoms with Crippen molar-refractivity contribution in [3.05, 3.63) is 58.1 Å². The molecule has 0 bridgehead atoms. The van der Waals surface area contributed by atoms with Crippen molar-refractivity contribution in [1.82, 2.24) is 10.9 Å². The zero-order valence-corrected chi connectivity index (χ0v) is 18.0. The molecule has 2 aromatic carbocycles. The normalized spacial score (nSPS) is 11.6. The second-order valence-corrected chi connectivity index (χ2v) is 7.55. The lowest BCUT2D eigenvalue weighted by molar-refractivity contribution is -0.133. The lowest BCUT2D eigenvalue weighted by Gasteiger charge is -2.16. The van der Waals surface area contributed by atoms with E-state index in [4.69, 9.17) is 9.47 Å². The van der Waals surface area contributed by atoms with Gasteiger partial charge in [-0.3, -0.25) is 20.4 Å². The molecule has 7 heteroatoms. The minimum absolute atomic E-state index is 0.229. The maximum atomic E-state index is 12.1. The van der Waals surface area contributed by atoms with E-state index in [0.717, 1.165) is 10.0 Å². The fourth-order valence-electron chi connectivity index (χ4n) is 2.34. The molecule has 2 aromatic rings. The van der Waals surface area contributed by atoms with Crippen molar-refractivity contribution in [2.45, 2.75) is 39.7 Å². The van der Waals surface area contributed by atoms with E-state index in [1.165, 1.54) is 5.56 Å². The lowest BCUT2D eigenvalue weighted by atomic mass is 10.0. The van der Waals surface area contributed by atoms with Crippen LogP contribution in [0.3, 0.4) is 0 Å². The highest BCUT2D eigenvalue weighted by molar-refractivity contribution is 9.10. The summed E-state index contributed by atoms with van der Waals surface area (Å²) in [6, 6.07) is 13.1. The molecule has 0 aliphatic rings. The molecule has 28 heavy (non-hydrogen) atoms. The van der Waals surface area contributed by atoms with Crippen LogP contribution < -0.4 is 20.3 Å². The number of hydrazine groups is 1. The number of ether oxygens (including phenoxy) is 2. The Hall–Kier alpha value is -2.54. The quantitative estimate of drug-likeness (QED) is 0.630. The minimum Gasteiger partial charge on any atom is -0.483 e. The first kappa shape index (κ1) is 21.8. The second-order valence-electron chi connectivity index (χ2n) is 6.70. The summed E-state index contributed by atoms with van der Waals surface area (Å²) in [6.07, 6.45) is -0.764. The van der Waals surface area contributed by atoms with Crippen molar-refractivity contribution in [1.29, 1.82) is 0 Å². The van der Waals surface area contributed by atoms with Gasteiger partial charge in [0.25, 0.3) is 11.8 Å². The Labute approximate surface area is 173 Å². The molecule has 0 saturated heterocycles. The topological polar surface area (TPSA) is 76.7 Å². The van der Waals surface area contributed by atoms with E-state index in [0.29, 0.717) is 17.4 Å². The molecule has 2 rings (SSSR count). The average molecular weight is 449 g/mol. The summed E-state index contributed by atoms with van der Waals surface area (Å²) in [5.74, 6) is 0.639. The third-order valence-electron chi connectivity index (χ3n) is 4.07. The molecule has 0 aliphatic carbocycles. The third-order valence-corrected chi connectivity index (χ3v) is 4.69. The monoisotopic (exact) mass is 448 g/mol. The Morgan fingerprint density at radius 1 is 1.04 bits per heavy atom. The Morgan fingerprint density at radius 2 is 1.75 bits per heavy atom. The van der Waals surface area contributed by atoms with E-state index in [9.17, 15) is 9.59 Å². The average Bonchev–Trinajstić information content (AvgIpc) is 2.66. The highest BCUT2D eigenvalue weighted by atomic mass is 79.9. The fourth-order valence-corrected chi connectivity index (χ4v) is 2.85. The number of hydrogen-bond acceptors (Lipinski definition) is 4. The Kier molecular flexibility index (Phi) is 7.87. The van der Waals surface area contributed by atoms with Crippen LogP contribution in [0.1, 0.15) is 37.8 Å². The first-order valence-electron chi connectivity index (χ1n) is 9.01. The summed E-state index contributed by atoms with van der Waals surface area (Å²) in [4.78, 5) is 24.0. The van der Waals surface area contributed by atoms with Gasteiger partial charge < -0.3 is 9.47 Å². The molecule has 0 spiro atoms. The molecule has 6 nitrogen and oxygen atoms in total. The summed E-state index contributed by atoms with van der Waals surface area (Å²) >= 11 is 3.44. The molecule has 0 saturated carbocycles. The van der Waals surface area contributed by atoms with Gasteiger partial charge in [-0.25, -0.2) is 0 Å². The van der Waals surface area contributed by atoms with Crippen molar-refractivity contribution in [2.24, 2.45) is 0 Å². The van der Waals surface area contributed by atoms with Gasteiger partial charge in [0.2, 0.25) is 0 Å². The molecular weight excluding hydrogens is 424 g/mol. The van der Waals surface area contributed by atoms with E-state index in [-0.39, 0.29) is 6.61 Å². The maximum Gasteiger partial charge on any atom is 0.279 e. The molecule has 1 atom stereocenters. The van der Waals surface area contributed by atoms with Crippen LogP contribution in [0.25, 0.3) is 0 Å². The smallest absolute Gasteiger partial charge is 0.279 e. The molecule has 0 heterocycles. The van der Waals surface area contributed by atoms with Crippen LogP contribution >= 0.6 is 15.9 Å². The SMILES string of the molecule is Cc1ccccc1OC(C)C(=O)NNC(=O)COc1ccc(C(C)C)cc1Br. The van der Waals surface area contributed by atoms with Crippen molar-refractivity contribution in [3.63, 3.8) is 0 Å². The molecule has 0 aromatic heterocycles. The number of rotatable bonds is 7. The largest absolute Gasteiger partial charge is 0.483 e. The predicted molar refractivity (Wildman–Crippen MR) is 111 cm³/mol. The third kappa shape index (κ3) is 6.27. The number of carbonyl (C=O) groups excluding carboxylic acids is 2. The first-order chi connectivity index (χ1) is 13.3. The highest BCUT2D eigenvalue weighted by Gasteiger charge is 2.16. The summed E-state index contributed by atoms with van der Waals surface area (Å²) < 4.78 is 11.9. The predicted octanol–water partition coefficient (Wildman–Crippen LogP) is 3.87. The van der Waals surface area contributed by atoms with Crippen molar-refractivity contribution < 1.29 is 19.1 Å². The Balaban J connectivity index is 1.79. The molecule has 1 unspecified atom stereocenters.